The van der Waals surface area contributed by atoms with E-state index < -0.39 is 0 Å². The summed E-state index contributed by atoms with van der Waals surface area (Å²) in [6.07, 6.45) is 8.98. The second-order valence-electron chi connectivity index (χ2n) is 4.96. The van der Waals surface area contributed by atoms with Crippen molar-refractivity contribution in [2.24, 2.45) is 23.7 Å². The highest BCUT2D eigenvalue weighted by atomic mass is 14.6. The molecule has 2 saturated carbocycles. The van der Waals surface area contributed by atoms with E-state index in [0.717, 1.165) is 5.92 Å². The Morgan fingerprint density at radius 2 is 2.00 bits per heavy atom. The second kappa shape index (κ2) is 3.40. The van der Waals surface area contributed by atoms with Crippen molar-refractivity contribution in [1.29, 1.82) is 0 Å². The van der Waals surface area contributed by atoms with Crippen molar-refractivity contribution in [3.63, 3.8) is 0 Å². The highest BCUT2D eigenvalue weighted by Gasteiger charge is 2.54. The minimum absolute atomic E-state index is 1.07. The lowest BCUT2D eigenvalue weighted by atomic mass is 9.99. The van der Waals surface area contributed by atoms with Gasteiger partial charge in [-0.05, 0) is 36.5 Å². The Bertz CT molecular complexity index is 150. The molecule has 0 amide bonds. The van der Waals surface area contributed by atoms with Crippen molar-refractivity contribution < 1.29 is 0 Å². The first-order valence-corrected chi connectivity index (χ1v) is 5.84. The Hall–Kier alpha value is 0. The van der Waals surface area contributed by atoms with Crippen molar-refractivity contribution in [2.75, 3.05) is 0 Å². The summed E-state index contributed by atoms with van der Waals surface area (Å²) in [5.41, 5.74) is 0. The van der Waals surface area contributed by atoms with Gasteiger partial charge in [-0.1, -0.05) is 39.5 Å². The molecule has 4 unspecified atom stereocenters. The maximum absolute atomic E-state index is 2.46. The summed E-state index contributed by atoms with van der Waals surface area (Å²) in [4.78, 5) is 0. The van der Waals surface area contributed by atoms with Crippen LogP contribution in [0.2, 0.25) is 0 Å². The molecule has 2 aliphatic rings. The molecule has 0 N–H and O–H groups in total. The number of unbranched alkanes of at least 4 members (excludes halogenated alkanes) is 2. The molecule has 0 radical (unpaired) electrons. The van der Waals surface area contributed by atoms with E-state index in [1.54, 1.807) is 12.8 Å². The van der Waals surface area contributed by atoms with Gasteiger partial charge in [0.25, 0.3) is 0 Å². The average Bonchev–Trinajstić information content (AvgIpc) is 2.62. The molecule has 0 heteroatoms. The Labute approximate surface area is 76.7 Å². The van der Waals surface area contributed by atoms with E-state index in [2.05, 4.69) is 13.8 Å². The summed E-state index contributed by atoms with van der Waals surface area (Å²) < 4.78 is 0. The Balaban J connectivity index is 1.67. The summed E-state index contributed by atoms with van der Waals surface area (Å²) in [6.45, 7) is 4.76. The minimum Gasteiger partial charge on any atom is -0.0654 e. The lowest BCUT2D eigenvalue weighted by Gasteiger charge is -2.07. The van der Waals surface area contributed by atoms with Crippen molar-refractivity contribution in [3.8, 4) is 0 Å². The monoisotopic (exact) mass is 166 g/mol. The number of hydrogen-bond acceptors (Lipinski definition) is 0. The summed E-state index contributed by atoms with van der Waals surface area (Å²) >= 11 is 0. The standard InChI is InChI=1S/C12H22/c1-3-4-5-6-10-11-8-7-9(2)12(10)11/h9-12H,3-8H2,1-2H3. The maximum atomic E-state index is 2.46. The van der Waals surface area contributed by atoms with Crippen molar-refractivity contribution in [1.82, 2.24) is 0 Å². The smallest absolute Gasteiger partial charge is 0.0326 e. The molecule has 0 spiro atoms. The first-order chi connectivity index (χ1) is 5.84. The molecule has 4 atom stereocenters. The van der Waals surface area contributed by atoms with Gasteiger partial charge in [0.1, 0.15) is 0 Å². The van der Waals surface area contributed by atoms with Crippen LogP contribution in [0.25, 0.3) is 0 Å². The van der Waals surface area contributed by atoms with Gasteiger partial charge < -0.3 is 0 Å². The van der Waals surface area contributed by atoms with Gasteiger partial charge in [0.2, 0.25) is 0 Å². The van der Waals surface area contributed by atoms with E-state index in [9.17, 15) is 0 Å². The van der Waals surface area contributed by atoms with Crippen molar-refractivity contribution >= 4 is 0 Å². The Morgan fingerprint density at radius 1 is 1.17 bits per heavy atom. The fourth-order valence-corrected chi connectivity index (χ4v) is 3.41. The molecule has 2 fully saturated rings. The van der Waals surface area contributed by atoms with Gasteiger partial charge in [-0.2, -0.15) is 0 Å². The SMILES string of the molecule is CCCCCC1C2CCC(C)C12. The maximum Gasteiger partial charge on any atom is -0.0326 e. The third kappa shape index (κ3) is 1.41. The molecule has 12 heavy (non-hydrogen) atoms. The van der Waals surface area contributed by atoms with Gasteiger partial charge in [0.15, 0.2) is 0 Å². The van der Waals surface area contributed by atoms with E-state index in [1.165, 1.54) is 43.4 Å². The summed E-state index contributed by atoms with van der Waals surface area (Å²) in [6, 6.07) is 0. The molecule has 0 saturated heterocycles. The van der Waals surface area contributed by atoms with Gasteiger partial charge in [-0.3, -0.25) is 0 Å². The van der Waals surface area contributed by atoms with Crippen molar-refractivity contribution in [3.05, 3.63) is 0 Å². The molecule has 0 aliphatic heterocycles. The van der Waals surface area contributed by atoms with E-state index in [-0.39, 0.29) is 0 Å². The predicted molar refractivity (Wildman–Crippen MR) is 53.0 cm³/mol. The van der Waals surface area contributed by atoms with Crippen LogP contribution < -0.4 is 0 Å². The fraction of sp³-hybridized carbons (Fsp3) is 1.00. The lowest BCUT2D eigenvalue weighted by molar-refractivity contribution is 0.439. The van der Waals surface area contributed by atoms with Crippen LogP contribution in [-0.2, 0) is 0 Å². The topological polar surface area (TPSA) is 0 Å². The third-order valence-electron chi connectivity index (χ3n) is 4.15. The van der Waals surface area contributed by atoms with Gasteiger partial charge >= 0.3 is 0 Å². The number of hydrogen-bond donors (Lipinski definition) is 0. The number of fused-ring (bicyclic) bond motifs is 1. The summed E-state index contributed by atoms with van der Waals surface area (Å²) in [5, 5.41) is 0. The predicted octanol–water partition coefficient (Wildman–Crippen LogP) is 3.86. The molecule has 2 rings (SSSR count). The highest BCUT2D eigenvalue weighted by molar-refractivity contribution is 5.03. The quantitative estimate of drug-likeness (QED) is 0.556. The summed E-state index contributed by atoms with van der Waals surface area (Å²) in [5.74, 6) is 4.58. The molecule has 0 bridgehead atoms. The average molecular weight is 166 g/mol. The molecule has 2 aliphatic carbocycles. The first kappa shape index (κ1) is 8.59. The summed E-state index contributed by atoms with van der Waals surface area (Å²) in [7, 11) is 0. The molecule has 0 heterocycles. The number of rotatable bonds is 4. The van der Waals surface area contributed by atoms with E-state index in [0.29, 0.717) is 0 Å². The largest absolute Gasteiger partial charge is 0.0654 e. The molecular weight excluding hydrogens is 144 g/mol. The van der Waals surface area contributed by atoms with Crippen LogP contribution in [0.15, 0.2) is 0 Å². The minimum atomic E-state index is 1.07. The Morgan fingerprint density at radius 3 is 2.58 bits per heavy atom. The first-order valence-electron chi connectivity index (χ1n) is 5.84. The highest BCUT2D eigenvalue weighted by Crippen LogP contribution is 2.62. The Kier molecular flexibility index (Phi) is 2.43. The van der Waals surface area contributed by atoms with Crippen LogP contribution in [0.1, 0.15) is 52.4 Å². The van der Waals surface area contributed by atoms with Crippen LogP contribution in [-0.4, -0.2) is 0 Å². The normalized spacial score (nSPS) is 44.5. The molecular formula is C12H22. The zero-order valence-corrected chi connectivity index (χ0v) is 8.55. The van der Waals surface area contributed by atoms with E-state index in [1.807, 2.05) is 0 Å². The molecule has 0 aromatic rings. The van der Waals surface area contributed by atoms with Gasteiger partial charge in [0.05, 0.1) is 0 Å². The van der Waals surface area contributed by atoms with Crippen LogP contribution in [0.3, 0.4) is 0 Å². The lowest BCUT2D eigenvalue weighted by Crippen LogP contribution is -1.96. The fourth-order valence-electron chi connectivity index (χ4n) is 3.41. The van der Waals surface area contributed by atoms with Gasteiger partial charge in [-0.15, -0.1) is 0 Å². The van der Waals surface area contributed by atoms with Crippen LogP contribution in [0, 0.1) is 23.7 Å². The third-order valence-corrected chi connectivity index (χ3v) is 4.15. The van der Waals surface area contributed by atoms with Crippen LogP contribution in [0.4, 0.5) is 0 Å². The molecule has 0 nitrogen and oxygen atoms in total. The van der Waals surface area contributed by atoms with Crippen molar-refractivity contribution in [2.45, 2.75) is 52.4 Å². The van der Waals surface area contributed by atoms with Crippen LogP contribution >= 0.6 is 0 Å². The zero-order valence-electron chi connectivity index (χ0n) is 8.55. The molecule has 0 aromatic heterocycles. The molecule has 70 valence electrons. The van der Waals surface area contributed by atoms with E-state index in [4.69, 9.17) is 0 Å². The second-order valence-corrected chi connectivity index (χ2v) is 4.96. The van der Waals surface area contributed by atoms with E-state index >= 15 is 0 Å². The van der Waals surface area contributed by atoms with Crippen LogP contribution in [0.5, 0.6) is 0 Å². The van der Waals surface area contributed by atoms with Gasteiger partial charge in [0, 0.05) is 0 Å². The van der Waals surface area contributed by atoms with Gasteiger partial charge in [-0.25, -0.2) is 0 Å². The zero-order chi connectivity index (χ0) is 8.55. The molecule has 0 aromatic carbocycles.